The van der Waals surface area contributed by atoms with Crippen LogP contribution in [0.2, 0.25) is 0 Å². The third-order valence-electron chi connectivity index (χ3n) is 3.80. The number of benzene rings is 1. The Morgan fingerprint density at radius 2 is 1.25 bits per heavy atom. The van der Waals surface area contributed by atoms with Crippen molar-refractivity contribution in [1.29, 1.82) is 0 Å². The van der Waals surface area contributed by atoms with Crippen molar-refractivity contribution < 1.29 is 0 Å². The Morgan fingerprint density at radius 3 is 1.56 bits per heavy atom. The summed E-state index contributed by atoms with van der Waals surface area (Å²) in [7, 11) is 0. The predicted octanol–water partition coefficient (Wildman–Crippen LogP) is 4.86. The fraction of sp³-hybridized carbons (Fsp3) is 0.625. The summed E-state index contributed by atoms with van der Waals surface area (Å²) in [6.07, 6.45) is 5.30. The van der Waals surface area contributed by atoms with Gasteiger partial charge in [-0.2, -0.15) is 0 Å². The average molecular weight is 218 g/mol. The van der Waals surface area contributed by atoms with Crippen LogP contribution in [0, 0.1) is 11.8 Å². The Morgan fingerprint density at radius 1 is 0.875 bits per heavy atom. The van der Waals surface area contributed by atoms with E-state index < -0.39 is 0 Å². The molecule has 0 saturated heterocycles. The molecule has 0 N–H and O–H groups in total. The number of rotatable bonds is 2. The first-order chi connectivity index (χ1) is 7.85. The van der Waals surface area contributed by atoms with Gasteiger partial charge in [0.05, 0.1) is 0 Å². The average Bonchev–Trinajstić information content (AvgIpc) is 2.39. The summed E-state index contributed by atoms with van der Waals surface area (Å²) in [5.41, 5.74) is 3.20. The van der Waals surface area contributed by atoms with Gasteiger partial charge in [0.25, 0.3) is 0 Å². The summed E-state index contributed by atoms with van der Waals surface area (Å²) >= 11 is 0. The minimum atomic E-state index is 0.926. The molecule has 0 spiro atoms. The van der Waals surface area contributed by atoms with E-state index >= 15 is 0 Å². The summed E-state index contributed by atoms with van der Waals surface area (Å²) in [5, 5.41) is 0. The van der Waals surface area contributed by atoms with E-state index in [1.165, 1.54) is 25.7 Å². The van der Waals surface area contributed by atoms with Crippen LogP contribution in [-0.2, 0) is 12.8 Å². The first-order valence-corrected chi connectivity index (χ1v) is 6.91. The maximum Gasteiger partial charge on any atom is -0.0245 e. The van der Waals surface area contributed by atoms with E-state index in [2.05, 4.69) is 38.1 Å². The molecule has 2 unspecified atom stereocenters. The zero-order valence-electron chi connectivity index (χ0n) is 11.3. The molecule has 0 nitrogen and oxygen atoms in total. The Balaban J connectivity index is 0.000000606. The van der Waals surface area contributed by atoms with Crippen LogP contribution >= 0.6 is 0 Å². The largest absolute Gasteiger partial charge is 0.0683 e. The van der Waals surface area contributed by atoms with Crippen LogP contribution in [0.15, 0.2) is 24.3 Å². The summed E-state index contributed by atoms with van der Waals surface area (Å²) < 4.78 is 0. The van der Waals surface area contributed by atoms with E-state index in [1.807, 2.05) is 13.8 Å². The van der Waals surface area contributed by atoms with Crippen LogP contribution < -0.4 is 0 Å². The fourth-order valence-electron chi connectivity index (χ4n) is 2.81. The molecular formula is C16H26. The molecule has 16 heavy (non-hydrogen) atoms. The zero-order valence-corrected chi connectivity index (χ0v) is 11.3. The minimum absolute atomic E-state index is 0.926. The van der Waals surface area contributed by atoms with E-state index in [0.717, 1.165) is 11.8 Å². The molecule has 0 radical (unpaired) electrons. The number of hydrogen-bond donors (Lipinski definition) is 0. The van der Waals surface area contributed by atoms with Crippen molar-refractivity contribution >= 4 is 0 Å². The lowest BCUT2D eigenvalue weighted by Gasteiger charge is -2.31. The molecular weight excluding hydrogens is 192 g/mol. The molecule has 0 fully saturated rings. The van der Waals surface area contributed by atoms with Crippen LogP contribution in [0.25, 0.3) is 0 Å². The van der Waals surface area contributed by atoms with E-state index in [4.69, 9.17) is 0 Å². The molecule has 0 heteroatoms. The molecule has 0 heterocycles. The first-order valence-electron chi connectivity index (χ1n) is 6.91. The van der Waals surface area contributed by atoms with Gasteiger partial charge in [-0.3, -0.25) is 0 Å². The zero-order chi connectivity index (χ0) is 12.0. The minimum Gasteiger partial charge on any atom is -0.0683 e. The molecule has 0 aromatic heterocycles. The molecule has 0 aliphatic heterocycles. The van der Waals surface area contributed by atoms with Crippen LogP contribution in [0.3, 0.4) is 0 Å². The second kappa shape index (κ2) is 6.73. The van der Waals surface area contributed by atoms with Crippen LogP contribution in [0.4, 0.5) is 0 Å². The van der Waals surface area contributed by atoms with Gasteiger partial charge in [-0.15, -0.1) is 0 Å². The second-order valence-corrected chi connectivity index (χ2v) is 4.51. The van der Waals surface area contributed by atoms with Crippen molar-refractivity contribution in [3.63, 3.8) is 0 Å². The van der Waals surface area contributed by atoms with Crippen molar-refractivity contribution in [3.05, 3.63) is 35.4 Å². The van der Waals surface area contributed by atoms with Gasteiger partial charge in [-0.05, 0) is 35.8 Å². The molecule has 2 atom stereocenters. The molecule has 90 valence electrons. The topological polar surface area (TPSA) is 0 Å². The van der Waals surface area contributed by atoms with Gasteiger partial charge in [-0.1, -0.05) is 64.8 Å². The molecule has 1 aromatic rings. The highest BCUT2D eigenvalue weighted by atomic mass is 14.3. The Hall–Kier alpha value is -0.780. The number of hydrogen-bond acceptors (Lipinski definition) is 0. The van der Waals surface area contributed by atoms with Crippen LogP contribution in [0.1, 0.15) is 51.7 Å². The van der Waals surface area contributed by atoms with Crippen molar-refractivity contribution in [2.45, 2.75) is 53.4 Å². The summed E-state index contributed by atoms with van der Waals surface area (Å²) in [6, 6.07) is 8.98. The number of fused-ring (bicyclic) bond motifs is 1. The second-order valence-electron chi connectivity index (χ2n) is 4.51. The van der Waals surface area contributed by atoms with Gasteiger partial charge in [0, 0.05) is 0 Å². The lowest BCUT2D eigenvalue weighted by atomic mass is 9.74. The normalized spacial score (nSPS) is 23.0. The molecule has 1 aliphatic carbocycles. The van der Waals surface area contributed by atoms with Gasteiger partial charge >= 0.3 is 0 Å². The third-order valence-corrected chi connectivity index (χ3v) is 3.80. The van der Waals surface area contributed by atoms with Gasteiger partial charge in [-0.25, -0.2) is 0 Å². The molecule has 0 amide bonds. The summed E-state index contributed by atoms with van der Waals surface area (Å²) in [6.45, 7) is 8.67. The summed E-state index contributed by atoms with van der Waals surface area (Å²) in [5.74, 6) is 1.85. The van der Waals surface area contributed by atoms with Crippen molar-refractivity contribution in [2.75, 3.05) is 0 Å². The van der Waals surface area contributed by atoms with Crippen molar-refractivity contribution in [2.24, 2.45) is 11.8 Å². The lowest BCUT2D eigenvalue weighted by Crippen LogP contribution is -2.24. The van der Waals surface area contributed by atoms with Gasteiger partial charge < -0.3 is 0 Å². The highest BCUT2D eigenvalue weighted by Crippen LogP contribution is 2.33. The van der Waals surface area contributed by atoms with E-state index in [9.17, 15) is 0 Å². The summed E-state index contributed by atoms with van der Waals surface area (Å²) in [4.78, 5) is 0. The third kappa shape index (κ3) is 2.87. The van der Waals surface area contributed by atoms with Crippen molar-refractivity contribution in [3.8, 4) is 0 Å². The van der Waals surface area contributed by atoms with E-state index in [-0.39, 0.29) is 0 Å². The predicted molar refractivity (Wildman–Crippen MR) is 72.8 cm³/mol. The molecule has 0 saturated carbocycles. The monoisotopic (exact) mass is 218 g/mol. The highest BCUT2D eigenvalue weighted by Gasteiger charge is 2.25. The maximum absolute atomic E-state index is 2.33. The Bertz CT molecular complexity index is 270. The van der Waals surface area contributed by atoms with Gasteiger partial charge in [0.1, 0.15) is 0 Å². The highest BCUT2D eigenvalue weighted by molar-refractivity contribution is 5.30. The van der Waals surface area contributed by atoms with E-state index in [1.54, 1.807) is 11.1 Å². The molecule has 1 aromatic carbocycles. The Kier molecular flexibility index (Phi) is 5.59. The lowest BCUT2D eigenvalue weighted by molar-refractivity contribution is 0.291. The Labute approximate surface area is 101 Å². The molecule has 1 aliphatic rings. The quantitative estimate of drug-likeness (QED) is 0.664. The SMILES string of the molecule is CC.CCC1Cc2ccccc2CC1CC. The first kappa shape index (κ1) is 13.3. The van der Waals surface area contributed by atoms with E-state index in [0.29, 0.717) is 0 Å². The van der Waals surface area contributed by atoms with Gasteiger partial charge in [0.15, 0.2) is 0 Å². The smallest absolute Gasteiger partial charge is 0.0245 e. The van der Waals surface area contributed by atoms with Crippen LogP contribution in [-0.4, -0.2) is 0 Å². The van der Waals surface area contributed by atoms with Crippen LogP contribution in [0.5, 0.6) is 0 Å². The fourth-order valence-corrected chi connectivity index (χ4v) is 2.81. The standard InChI is InChI=1S/C14H20.C2H6/c1-3-11-9-13-7-5-6-8-14(13)10-12(11)4-2;1-2/h5-8,11-12H,3-4,9-10H2,1-2H3;1-2H3. The van der Waals surface area contributed by atoms with Crippen molar-refractivity contribution in [1.82, 2.24) is 0 Å². The molecule has 2 rings (SSSR count). The molecule has 0 bridgehead atoms. The van der Waals surface area contributed by atoms with Gasteiger partial charge in [0.2, 0.25) is 0 Å². The maximum atomic E-state index is 2.33.